The Morgan fingerprint density at radius 3 is 2.73 bits per heavy atom. The number of thiophene rings is 1. The molecule has 0 bridgehead atoms. The molecule has 1 heterocycles. The molecule has 0 spiro atoms. The van der Waals surface area contributed by atoms with Crippen molar-refractivity contribution in [1.82, 2.24) is 0 Å². The van der Waals surface area contributed by atoms with Crippen molar-refractivity contribution in [3.8, 4) is 10.4 Å². The van der Waals surface area contributed by atoms with E-state index < -0.39 is 0 Å². The molecule has 1 aromatic carbocycles. The molecule has 118 valence electrons. The summed E-state index contributed by atoms with van der Waals surface area (Å²) in [5.41, 5.74) is 11.8. The zero-order valence-corrected chi connectivity index (χ0v) is 14.5. The van der Waals surface area contributed by atoms with Crippen molar-refractivity contribution in [1.29, 1.82) is 0 Å². The lowest BCUT2D eigenvalue weighted by Gasteiger charge is -2.19. The summed E-state index contributed by atoms with van der Waals surface area (Å²) in [6.45, 7) is 8.26. The van der Waals surface area contributed by atoms with Crippen LogP contribution < -0.4 is 5.73 Å². The van der Waals surface area contributed by atoms with Gasteiger partial charge >= 0.3 is 5.97 Å². The number of esters is 1. The molecule has 0 amide bonds. The predicted molar refractivity (Wildman–Crippen MR) is 93.6 cm³/mol. The Morgan fingerprint density at radius 2 is 2.05 bits per heavy atom. The fourth-order valence-electron chi connectivity index (χ4n) is 2.67. The molecule has 3 rings (SSSR count). The third-order valence-corrected chi connectivity index (χ3v) is 4.94. The summed E-state index contributed by atoms with van der Waals surface area (Å²) in [6, 6.07) is 6.13. The first-order valence-electron chi connectivity index (χ1n) is 7.80. The van der Waals surface area contributed by atoms with E-state index in [1.165, 1.54) is 32.9 Å². The minimum atomic E-state index is -0.228. The van der Waals surface area contributed by atoms with Gasteiger partial charge in [-0.2, -0.15) is 0 Å². The molecule has 1 aromatic heterocycles. The van der Waals surface area contributed by atoms with Gasteiger partial charge in [0.15, 0.2) is 0 Å². The molecule has 1 aliphatic carbocycles. The number of anilines is 1. The zero-order chi connectivity index (χ0) is 16.3. The van der Waals surface area contributed by atoms with E-state index in [9.17, 15) is 4.79 Å². The maximum Gasteiger partial charge on any atom is 0.348 e. The lowest BCUT2D eigenvalue weighted by molar-refractivity contribution is 0.0532. The van der Waals surface area contributed by atoms with Gasteiger partial charge in [-0.15, -0.1) is 11.3 Å². The van der Waals surface area contributed by atoms with Gasteiger partial charge in [0.25, 0.3) is 0 Å². The number of benzene rings is 1. The first kappa shape index (κ1) is 16.6. The SMILES string of the molecule is CC.CCOC(=O)c1cc2c(s1)-c1ccc(C)c(N)c1CC2. The average molecular weight is 317 g/mol. The van der Waals surface area contributed by atoms with E-state index in [1.54, 1.807) is 0 Å². The standard InChI is InChI=1S/C16H17NO2S.C2H6/c1-3-19-16(18)13-8-10-5-7-11-12(15(10)20-13)6-4-9(2)14(11)17;1-2/h4,6,8H,3,5,7,17H2,1-2H3;1-2H3. The van der Waals surface area contributed by atoms with Crippen molar-refractivity contribution in [3.63, 3.8) is 0 Å². The number of hydrogen-bond donors (Lipinski definition) is 1. The van der Waals surface area contributed by atoms with Crippen LogP contribution in [0.2, 0.25) is 0 Å². The molecular formula is C18H23NO2S. The van der Waals surface area contributed by atoms with Crippen LogP contribution in [0.4, 0.5) is 5.69 Å². The molecule has 3 nitrogen and oxygen atoms in total. The Labute approximate surface area is 136 Å². The molecule has 0 radical (unpaired) electrons. The Morgan fingerprint density at radius 1 is 1.32 bits per heavy atom. The van der Waals surface area contributed by atoms with Gasteiger partial charge in [0.2, 0.25) is 0 Å². The second-order valence-corrected chi connectivity index (χ2v) is 6.06. The molecule has 0 unspecified atom stereocenters. The predicted octanol–water partition coefficient (Wildman–Crippen LogP) is 4.61. The van der Waals surface area contributed by atoms with Crippen molar-refractivity contribution in [2.45, 2.75) is 40.5 Å². The van der Waals surface area contributed by atoms with E-state index in [-0.39, 0.29) is 5.97 Å². The van der Waals surface area contributed by atoms with E-state index in [0.29, 0.717) is 11.5 Å². The molecule has 4 heteroatoms. The first-order valence-corrected chi connectivity index (χ1v) is 8.61. The van der Waals surface area contributed by atoms with E-state index in [2.05, 4.69) is 6.07 Å². The second-order valence-electron chi connectivity index (χ2n) is 5.01. The minimum absolute atomic E-state index is 0.228. The van der Waals surface area contributed by atoms with E-state index in [4.69, 9.17) is 10.5 Å². The Kier molecular flexibility index (Phi) is 5.24. The van der Waals surface area contributed by atoms with Gasteiger partial charge in [0, 0.05) is 10.6 Å². The number of nitrogens with two attached hydrogens (primary N) is 1. The summed E-state index contributed by atoms with van der Waals surface area (Å²) >= 11 is 1.51. The van der Waals surface area contributed by atoms with Crippen LogP contribution >= 0.6 is 11.3 Å². The summed E-state index contributed by atoms with van der Waals surface area (Å²) in [4.78, 5) is 13.7. The van der Waals surface area contributed by atoms with Crippen LogP contribution in [-0.4, -0.2) is 12.6 Å². The van der Waals surface area contributed by atoms with Gasteiger partial charge in [-0.1, -0.05) is 26.0 Å². The Bertz CT molecular complexity index is 689. The zero-order valence-electron chi connectivity index (χ0n) is 13.7. The molecule has 1 aliphatic rings. The van der Waals surface area contributed by atoms with Crippen LogP contribution in [0.15, 0.2) is 18.2 Å². The molecule has 2 aromatic rings. The second kappa shape index (κ2) is 6.97. The largest absolute Gasteiger partial charge is 0.462 e. The number of aryl methyl sites for hydroxylation is 2. The van der Waals surface area contributed by atoms with Crippen molar-refractivity contribution in [2.75, 3.05) is 12.3 Å². The van der Waals surface area contributed by atoms with E-state index >= 15 is 0 Å². The molecule has 0 fully saturated rings. The molecular weight excluding hydrogens is 294 g/mol. The lowest BCUT2D eigenvalue weighted by atomic mass is 9.89. The highest BCUT2D eigenvalue weighted by Gasteiger charge is 2.23. The molecule has 22 heavy (non-hydrogen) atoms. The van der Waals surface area contributed by atoms with Crippen molar-refractivity contribution < 1.29 is 9.53 Å². The summed E-state index contributed by atoms with van der Waals surface area (Å²) < 4.78 is 5.08. The van der Waals surface area contributed by atoms with Gasteiger partial charge in [-0.3, -0.25) is 0 Å². The fourth-order valence-corrected chi connectivity index (χ4v) is 3.83. The van der Waals surface area contributed by atoms with Gasteiger partial charge in [0.1, 0.15) is 4.88 Å². The van der Waals surface area contributed by atoms with Gasteiger partial charge in [-0.05, 0) is 55.0 Å². The van der Waals surface area contributed by atoms with E-state index in [0.717, 1.165) is 24.1 Å². The average Bonchev–Trinajstić information content (AvgIpc) is 2.97. The van der Waals surface area contributed by atoms with Crippen molar-refractivity contribution >= 4 is 23.0 Å². The number of carbonyl (C=O) groups is 1. The summed E-state index contributed by atoms with van der Waals surface area (Å²) in [5.74, 6) is -0.228. The molecule has 2 N–H and O–H groups in total. The molecule has 0 atom stereocenters. The van der Waals surface area contributed by atoms with Crippen molar-refractivity contribution in [2.24, 2.45) is 0 Å². The number of fused-ring (bicyclic) bond motifs is 3. The van der Waals surface area contributed by atoms with Crippen LogP contribution in [0, 0.1) is 6.92 Å². The van der Waals surface area contributed by atoms with Crippen LogP contribution in [0.3, 0.4) is 0 Å². The first-order chi connectivity index (χ1) is 10.6. The smallest absolute Gasteiger partial charge is 0.348 e. The molecule has 0 aliphatic heterocycles. The van der Waals surface area contributed by atoms with Gasteiger partial charge in [-0.25, -0.2) is 4.79 Å². The number of rotatable bonds is 2. The highest BCUT2D eigenvalue weighted by molar-refractivity contribution is 7.17. The monoisotopic (exact) mass is 317 g/mol. The fraction of sp³-hybridized carbons (Fsp3) is 0.389. The topological polar surface area (TPSA) is 52.3 Å². The number of carbonyl (C=O) groups excluding carboxylic acids is 1. The molecule has 0 saturated carbocycles. The summed E-state index contributed by atoms with van der Waals surface area (Å²) in [6.07, 6.45) is 1.88. The minimum Gasteiger partial charge on any atom is -0.462 e. The van der Waals surface area contributed by atoms with E-state index in [1.807, 2.05) is 39.8 Å². The Balaban J connectivity index is 0.000000847. The number of hydrogen-bond acceptors (Lipinski definition) is 4. The summed E-state index contributed by atoms with van der Waals surface area (Å²) in [5, 5.41) is 0. The third-order valence-electron chi connectivity index (χ3n) is 3.75. The number of ether oxygens (including phenoxy) is 1. The van der Waals surface area contributed by atoms with Crippen LogP contribution in [0.5, 0.6) is 0 Å². The number of nitrogen functional groups attached to an aromatic ring is 1. The molecule has 0 saturated heterocycles. The van der Waals surface area contributed by atoms with Crippen molar-refractivity contribution in [3.05, 3.63) is 39.8 Å². The maximum absolute atomic E-state index is 11.9. The highest BCUT2D eigenvalue weighted by atomic mass is 32.1. The van der Waals surface area contributed by atoms with Gasteiger partial charge < -0.3 is 10.5 Å². The lowest BCUT2D eigenvalue weighted by Crippen LogP contribution is -2.06. The Hall–Kier alpha value is -1.81. The third kappa shape index (κ3) is 2.88. The van der Waals surface area contributed by atoms with Crippen LogP contribution in [-0.2, 0) is 17.6 Å². The van der Waals surface area contributed by atoms with Gasteiger partial charge in [0.05, 0.1) is 6.61 Å². The normalized spacial score (nSPS) is 11.8. The quantitative estimate of drug-likeness (QED) is 0.650. The summed E-state index contributed by atoms with van der Waals surface area (Å²) in [7, 11) is 0. The highest BCUT2D eigenvalue weighted by Crippen LogP contribution is 2.42. The van der Waals surface area contributed by atoms with Crippen LogP contribution in [0.25, 0.3) is 10.4 Å². The maximum atomic E-state index is 11.9. The van der Waals surface area contributed by atoms with Crippen LogP contribution in [0.1, 0.15) is 47.1 Å².